The lowest BCUT2D eigenvalue weighted by Crippen LogP contribution is -2.23. The van der Waals surface area contributed by atoms with Crippen molar-refractivity contribution >= 4 is 11.6 Å². The molecular weight excluding hydrogens is 279 g/mol. The number of amides is 1. The van der Waals surface area contributed by atoms with Gasteiger partial charge in [0.25, 0.3) is 5.91 Å². The van der Waals surface area contributed by atoms with Crippen molar-refractivity contribution in [3.05, 3.63) is 65.5 Å². The molecule has 1 amide bonds. The lowest BCUT2D eigenvalue weighted by molar-refractivity contribution is 0.0958. The molecule has 0 fully saturated rings. The highest BCUT2D eigenvalue weighted by Gasteiger charge is 2.04. The van der Waals surface area contributed by atoms with Crippen molar-refractivity contribution in [1.29, 1.82) is 0 Å². The van der Waals surface area contributed by atoms with Crippen LogP contribution in [0.2, 0.25) is 0 Å². The van der Waals surface area contributed by atoms with Gasteiger partial charge in [-0.3, -0.25) is 4.79 Å². The summed E-state index contributed by atoms with van der Waals surface area (Å²) < 4.78 is 13.0. The predicted octanol–water partition coefficient (Wildman–Crippen LogP) is 2.67. The molecule has 4 heteroatoms. The van der Waals surface area contributed by atoms with Gasteiger partial charge in [0, 0.05) is 30.9 Å². The van der Waals surface area contributed by atoms with Crippen LogP contribution in [0.5, 0.6) is 0 Å². The number of anilines is 1. The number of nitrogens with one attached hydrogen (secondary N) is 1. The highest BCUT2D eigenvalue weighted by Crippen LogP contribution is 2.11. The molecule has 2 aromatic rings. The Morgan fingerprint density at radius 3 is 2.55 bits per heavy atom. The number of hydrogen-bond acceptors (Lipinski definition) is 2. The number of benzene rings is 2. The summed E-state index contributed by atoms with van der Waals surface area (Å²) in [5, 5.41) is 2.64. The first-order valence-electron chi connectivity index (χ1n) is 6.86. The molecule has 112 valence electrons. The van der Waals surface area contributed by atoms with Crippen LogP contribution in [0.15, 0.2) is 48.5 Å². The maximum absolute atomic E-state index is 13.0. The molecule has 0 heterocycles. The van der Waals surface area contributed by atoms with Gasteiger partial charge in [0.2, 0.25) is 0 Å². The second kappa shape index (κ2) is 7.28. The maximum atomic E-state index is 13.0. The van der Waals surface area contributed by atoms with Gasteiger partial charge < -0.3 is 10.2 Å². The van der Waals surface area contributed by atoms with Gasteiger partial charge in [-0.2, -0.15) is 0 Å². The van der Waals surface area contributed by atoms with Crippen molar-refractivity contribution in [3.63, 3.8) is 0 Å². The molecule has 0 aliphatic rings. The number of nitrogens with zero attached hydrogens (tertiary/aromatic N) is 1. The summed E-state index contributed by atoms with van der Waals surface area (Å²) in [7, 11) is 3.95. The molecule has 0 bridgehead atoms. The summed E-state index contributed by atoms with van der Waals surface area (Å²) in [4.78, 5) is 13.8. The van der Waals surface area contributed by atoms with Crippen molar-refractivity contribution in [1.82, 2.24) is 5.32 Å². The molecule has 0 atom stereocenters. The number of carbonyl (C=O) groups excluding carboxylic acids is 1. The average molecular weight is 296 g/mol. The monoisotopic (exact) mass is 296 g/mol. The largest absolute Gasteiger partial charge is 0.378 e. The zero-order valence-electron chi connectivity index (χ0n) is 12.6. The molecule has 0 radical (unpaired) electrons. The summed E-state index contributed by atoms with van der Waals surface area (Å²) >= 11 is 0. The van der Waals surface area contributed by atoms with Gasteiger partial charge in [0.05, 0.1) is 6.54 Å². The van der Waals surface area contributed by atoms with E-state index in [-0.39, 0.29) is 18.0 Å². The van der Waals surface area contributed by atoms with Crippen molar-refractivity contribution in [2.75, 3.05) is 25.5 Å². The van der Waals surface area contributed by atoms with Crippen LogP contribution in [0, 0.1) is 17.7 Å². The minimum atomic E-state index is -0.431. The van der Waals surface area contributed by atoms with Crippen molar-refractivity contribution in [3.8, 4) is 11.8 Å². The molecule has 0 saturated heterocycles. The molecule has 0 aliphatic heterocycles. The van der Waals surface area contributed by atoms with Crippen molar-refractivity contribution in [2.45, 2.75) is 0 Å². The summed E-state index contributed by atoms with van der Waals surface area (Å²) in [6, 6.07) is 13.4. The molecule has 1 N–H and O–H groups in total. The summed E-state index contributed by atoms with van der Waals surface area (Å²) in [6.07, 6.45) is 0. The van der Waals surface area contributed by atoms with Gasteiger partial charge >= 0.3 is 0 Å². The third-order valence-electron chi connectivity index (χ3n) is 3.04. The van der Waals surface area contributed by atoms with Gasteiger partial charge in [-0.25, -0.2) is 4.39 Å². The van der Waals surface area contributed by atoms with E-state index in [1.54, 1.807) is 6.07 Å². The summed E-state index contributed by atoms with van der Waals surface area (Å²) in [5.74, 6) is 5.08. The van der Waals surface area contributed by atoms with E-state index in [1.807, 2.05) is 43.3 Å². The first-order valence-corrected chi connectivity index (χ1v) is 6.86. The highest BCUT2D eigenvalue weighted by molar-refractivity contribution is 5.94. The lowest BCUT2D eigenvalue weighted by atomic mass is 10.2. The second-order valence-electron chi connectivity index (χ2n) is 4.94. The maximum Gasteiger partial charge on any atom is 0.252 e. The first kappa shape index (κ1) is 15.6. The molecule has 0 spiro atoms. The van der Waals surface area contributed by atoms with E-state index in [0.717, 1.165) is 11.3 Å². The smallest absolute Gasteiger partial charge is 0.252 e. The van der Waals surface area contributed by atoms with Gasteiger partial charge in [-0.1, -0.05) is 17.9 Å². The number of halogens is 1. The third kappa shape index (κ3) is 4.35. The highest BCUT2D eigenvalue weighted by atomic mass is 19.1. The standard InChI is InChI=1S/C18H17FN2O/c1-21(2)17-10-8-14(9-11-17)5-4-12-20-18(22)15-6-3-7-16(19)13-15/h3,6-11,13H,12H2,1-2H3,(H,20,22). The Bertz CT molecular complexity index is 712. The van der Waals surface area contributed by atoms with Crippen LogP contribution in [-0.4, -0.2) is 26.5 Å². The molecule has 0 aromatic heterocycles. The molecule has 3 nitrogen and oxygen atoms in total. The predicted molar refractivity (Wildman–Crippen MR) is 86.4 cm³/mol. The van der Waals surface area contributed by atoms with Crippen LogP contribution < -0.4 is 10.2 Å². The Kier molecular flexibility index (Phi) is 5.16. The summed E-state index contributed by atoms with van der Waals surface area (Å²) in [6.45, 7) is 0.213. The van der Waals surface area contributed by atoms with E-state index < -0.39 is 5.82 Å². The zero-order chi connectivity index (χ0) is 15.9. The molecular formula is C18H17FN2O. The fourth-order valence-electron chi connectivity index (χ4n) is 1.85. The van der Waals surface area contributed by atoms with Gasteiger partial charge in [0.1, 0.15) is 5.82 Å². The van der Waals surface area contributed by atoms with Gasteiger partial charge in [-0.15, -0.1) is 0 Å². The van der Waals surface area contributed by atoms with Crippen LogP contribution >= 0.6 is 0 Å². The fourth-order valence-corrected chi connectivity index (χ4v) is 1.85. The molecule has 0 saturated carbocycles. The van der Waals surface area contributed by atoms with Crippen LogP contribution in [0.25, 0.3) is 0 Å². The number of carbonyl (C=O) groups is 1. The van der Waals surface area contributed by atoms with E-state index in [4.69, 9.17) is 0 Å². The molecule has 2 aromatic carbocycles. The summed E-state index contributed by atoms with van der Waals surface area (Å²) in [5.41, 5.74) is 2.27. The van der Waals surface area contributed by atoms with Gasteiger partial charge in [-0.05, 0) is 42.5 Å². The van der Waals surface area contributed by atoms with Crippen LogP contribution in [0.4, 0.5) is 10.1 Å². The first-order chi connectivity index (χ1) is 10.6. The fraction of sp³-hybridized carbons (Fsp3) is 0.167. The van der Waals surface area contributed by atoms with Crippen molar-refractivity contribution < 1.29 is 9.18 Å². The van der Waals surface area contributed by atoms with E-state index in [1.165, 1.54) is 18.2 Å². The normalized spacial score (nSPS) is 9.59. The quantitative estimate of drug-likeness (QED) is 0.883. The second-order valence-corrected chi connectivity index (χ2v) is 4.94. The molecule has 2 rings (SSSR count). The van der Waals surface area contributed by atoms with Crippen LogP contribution in [-0.2, 0) is 0 Å². The Balaban J connectivity index is 1.90. The molecule has 0 aliphatic carbocycles. The topological polar surface area (TPSA) is 32.3 Å². The lowest BCUT2D eigenvalue weighted by Gasteiger charge is -2.11. The van der Waals surface area contributed by atoms with Crippen LogP contribution in [0.3, 0.4) is 0 Å². The average Bonchev–Trinajstić information content (AvgIpc) is 2.51. The Morgan fingerprint density at radius 1 is 1.18 bits per heavy atom. The SMILES string of the molecule is CN(C)c1ccc(C#CCNC(=O)c2cccc(F)c2)cc1. The number of rotatable bonds is 3. The van der Waals surface area contributed by atoms with E-state index in [0.29, 0.717) is 0 Å². The van der Waals surface area contributed by atoms with Crippen LogP contribution in [0.1, 0.15) is 15.9 Å². The Morgan fingerprint density at radius 2 is 1.91 bits per heavy atom. The van der Waals surface area contributed by atoms with E-state index >= 15 is 0 Å². The Hall–Kier alpha value is -2.80. The zero-order valence-corrected chi connectivity index (χ0v) is 12.6. The van der Waals surface area contributed by atoms with Crippen molar-refractivity contribution in [2.24, 2.45) is 0 Å². The third-order valence-corrected chi connectivity index (χ3v) is 3.04. The molecule has 22 heavy (non-hydrogen) atoms. The minimum absolute atomic E-state index is 0.213. The number of hydrogen-bond donors (Lipinski definition) is 1. The Labute approximate surface area is 129 Å². The van der Waals surface area contributed by atoms with E-state index in [2.05, 4.69) is 17.2 Å². The van der Waals surface area contributed by atoms with Gasteiger partial charge in [0.15, 0.2) is 0 Å². The molecule has 0 unspecified atom stereocenters. The van der Waals surface area contributed by atoms with E-state index in [9.17, 15) is 9.18 Å². The minimum Gasteiger partial charge on any atom is -0.378 e.